The Balaban J connectivity index is 4.24. The van der Waals surface area contributed by atoms with E-state index in [4.69, 9.17) is 14.2 Å². The summed E-state index contributed by atoms with van der Waals surface area (Å²) < 4.78 is 17.8. The first-order valence-electron chi connectivity index (χ1n) is 26.1. The maximum Gasteiger partial charge on any atom is 0.305 e. The maximum atomic E-state index is 12.4. The second kappa shape index (κ2) is 45.4. The molecule has 0 atom stereocenters. The highest BCUT2D eigenvalue weighted by Gasteiger charge is 2.13. The lowest BCUT2D eigenvalue weighted by molar-refractivity contribution is -0.145. The molecule has 0 aromatic heterocycles. The smallest absolute Gasteiger partial charge is 0.305 e. The van der Waals surface area contributed by atoms with E-state index in [0.717, 1.165) is 95.9 Å². The van der Waals surface area contributed by atoms with E-state index in [9.17, 15) is 9.59 Å². The molecule has 0 amide bonds. The van der Waals surface area contributed by atoms with Crippen LogP contribution in [-0.2, 0) is 23.8 Å². The number of hydrogen-bond donors (Lipinski definition) is 0. The Morgan fingerprint density at radius 3 is 1.09 bits per heavy atom. The first-order valence-corrected chi connectivity index (χ1v) is 26.1. The van der Waals surface area contributed by atoms with Crippen LogP contribution in [0.2, 0.25) is 0 Å². The number of hydrogen-bond acceptors (Lipinski definition) is 6. The number of nitrogens with zero attached hydrogens (tertiary/aromatic N) is 1. The summed E-state index contributed by atoms with van der Waals surface area (Å²) in [4.78, 5) is 27.3. The van der Waals surface area contributed by atoms with Gasteiger partial charge in [0.1, 0.15) is 0 Å². The van der Waals surface area contributed by atoms with E-state index in [1.165, 1.54) is 154 Å². The molecule has 0 aliphatic carbocycles. The van der Waals surface area contributed by atoms with Gasteiger partial charge < -0.3 is 19.1 Å². The molecule has 0 heterocycles. The van der Waals surface area contributed by atoms with Crippen LogP contribution in [0.5, 0.6) is 0 Å². The first-order chi connectivity index (χ1) is 28.4. The Labute approximate surface area is 363 Å². The zero-order valence-electron chi connectivity index (χ0n) is 40.2. The fourth-order valence-corrected chi connectivity index (χ4v) is 8.51. The van der Waals surface area contributed by atoms with Gasteiger partial charge >= 0.3 is 11.9 Å². The normalized spacial score (nSPS) is 11.8. The largest absolute Gasteiger partial charge is 0.466 e. The standard InChI is InChI=1S/C52H103NO5/c1-7-13-25-34-48(35-26-14-8-2)42-46-57-51(54)40-31-23-19-17-21-29-38-50(56-45-33-44-53(11-5)12-6)39-30-22-18-20-24-32-41-52(55)58-47-43-49(36-27-15-9-3)37-28-16-10-4/h48-50H,7-47H2,1-6H3. The molecular formula is C52H103NO5. The van der Waals surface area contributed by atoms with Gasteiger partial charge in [-0.05, 0) is 69.9 Å². The van der Waals surface area contributed by atoms with Crippen molar-refractivity contribution in [3.8, 4) is 0 Å². The Kier molecular flexibility index (Phi) is 44.5. The molecule has 0 rings (SSSR count). The SMILES string of the molecule is CCCCCC(CCCCC)CCOC(=O)CCCCCCCCC(CCCCCCCCC(=O)OCCC(CCCCC)CCCCC)OCCCN(CC)CC. The van der Waals surface area contributed by atoms with Crippen LogP contribution < -0.4 is 0 Å². The molecule has 0 radical (unpaired) electrons. The summed E-state index contributed by atoms with van der Waals surface area (Å²) in [5.74, 6) is 1.45. The minimum absolute atomic E-state index is 0.00614. The number of carbonyl (C=O) groups is 2. The predicted molar refractivity (Wildman–Crippen MR) is 251 cm³/mol. The molecule has 0 aliphatic rings. The molecular weight excluding hydrogens is 719 g/mol. The van der Waals surface area contributed by atoms with Gasteiger partial charge in [-0.1, -0.05) is 208 Å². The molecule has 0 fully saturated rings. The zero-order valence-corrected chi connectivity index (χ0v) is 40.2. The molecule has 0 aromatic rings. The van der Waals surface area contributed by atoms with Gasteiger partial charge in [0.05, 0.1) is 19.3 Å². The van der Waals surface area contributed by atoms with Crippen LogP contribution in [0.15, 0.2) is 0 Å². The molecule has 6 heteroatoms. The molecule has 0 bridgehead atoms. The third-order valence-electron chi connectivity index (χ3n) is 12.6. The van der Waals surface area contributed by atoms with E-state index in [-0.39, 0.29) is 11.9 Å². The molecule has 0 saturated heterocycles. The van der Waals surface area contributed by atoms with Gasteiger partial charge in [-0.3, -0.25) is 9.59 Å². The van der Waals surface area contributed by atoms with Crippen LogP contribution in [0.3, 0.4) is 0 Å². The van der Waals surface area contributed by atoms with Crippen molar-refractivity contribution in [3.05, 3.63) is 0 Å². The summed E-state index contributed by atoms with van der Waals surface area (Å²) >= 11 is 0. The van der Waals surface area contributed by atoms with E-state index in [2.05, 4.69) is 46.4 Å². The third-order valence-corrected chi connectivity index (χ3v) is 12.6. The van der Waals surface area contributed by atoms with Crippen molar-refractivity contribution in [2.45, 2.75) is 272 Å². The number of carbonyl (C=O) groups excluding carboxylic acids is 2. The Morgan fingerprint density at radius 2 is 0.724 bits per heavy atom. The van der Waals surface area contributed by atoms with Crippen molar-refractivity contribution in [1.82, 2.24) is 4.90 Å². The van der Waals surface area contributed by atoms with Crippen molar-refractivity contribution in [2.75, 3.05) is 39.5 Å². The molecule has 58 heavy (non-hydrogen) atoms. The van der Waals surface area contributed by atoms with Crippen molar-refractivity contribution < 1.29 is 23.8 Å². The van der Waals surface area contributed by atoms with Crippen LogP contribution in [0.1, 0.15) is 266 Å². The molecule has 0 spiro atoms. The van der Waals surface area contributed by atoms with Gasteiger partial charge in [0, 0.05) is 26.0 Å². The number of ether oxygens (including phenoxy) is 3. The van der Waals surface area contributed by atoms with Gasteiger partial charge in [0.25, 0.3) is 0 Å². The quantitative estimate of drug-likeness (QED) is 0.0450. The fraction of sp³-hybridized carbons (Fsp3) is 0.962. The molecule has 6 nitrogen and oxygen atoms in total. The highest BCUT2D eigenvalue weighted by Crippen LogP contribution is 2.23. The molecule has 0 N–H and O–H groups in total. The fourth-order valence-electron chi connectivity index (χ4n) is 8.51. The van der Waals surface area contributed by atoms with Gasteiger partial charge in [-0.25, -0.2) is 0 Å². The lowest BCUT2D eigenvalue weighted by atomic mass is 9.92. The van der Waals surface area contributed by atoms with Crippen molar-refractivity contribution in [3.63, 3.8) is 0 Å². The lowest BCUT2D eigenvalue weighted by Gasteiger charge is -2.21. The highest BCUT2D eigenvalue weighted by atomic mass is 16.5. The molecule has 346 valence electrons. The van der Waals surface area contributed by atoms with Crippen LogP contribution in [0.4, 0.5) is 0 Å². The van der Waals surface area contributed by atoms with Crippen LogP contribution in [0, 0.1) is 11.8 Å². The Morgan fingerprint density at radius 1 is 0.379 bits per heavy atom. The Bertz CT molecular complexity index is 770. The molecule has 0 aliphatic heterocycles. The van der Waals surface area contributed by atoms with Crippen LogP contribution >= 0.6 is 0 Å². The summed E-state index contributed by atoms with van der Waals surface area (Å²) in [6.07, 6.45) is 41.8. The molecule has 0 unspecified atom stereocenters. The highest BCUT2D eigenvalue weighted by molar-refractivity contribution is 5.69. The second-order valence-corrected chi connectivity index (χ2v) is 17.9. The predicted octanol–water partition coefficient (Wildman–Crippen LogP) is 15.8. The van der Waals surface area contributed by atoms with Gasteiger partial charge in [-0.15, -0.1) is 0 Å². The Hall–Kier alpha value is -1.14. The molecule has 0 aromatic carbocycles. The molecule has 0 saturated carbocycles. The van der Waals surface area contributed by atoms with Gasteiger partial charge in [0.15, 0.2) is 0 Å². The van der Waals surface area contributed by atoms with E-state index in [1.807, 2.05) is 0 Å². The van der Waals surface area contributed by atoms with Crippen molar-refractivity contribution in [1.29, 1.82) is 0 Å². The third kappa shape index (κ3) is 39.0. The van der Waals surface area contributed by atoms with Crippen LogP contribution in [-0.4, -0.2) is 62.4 Å². The summed E-state index contributed by atoms with van der Waals surface area (Å²) in [6, 6.07) is 0. The second-order valence-electron chi connectivity index (χ2n) is 17.9. The summed E-state index contributed by atoms with van der Waals surface area (Å²) in [5, 5.41) is 0. The van der Waals surface area contributed by atoms with Crippen molar-refractivity contribution >= 4 is 11.9 Å². The van der Waals surface area contributed by atoms with Crippen molar-refractivity contribution in [2.24, 2.45) is 11.8 Å². The average molecular weight is 822 g/mol. The van der Waals surface area contributed by atoms with E-state index in [1.54, 1.807) is 0 Å². The first kappa shape index (κ1) is 56.9. The minimum Gasteiger partial charge on any atom is -0.466 e. The van der Waals surface area contributed by atoms with Gasteiger partial charge in [-0.2, -0.15) is 0 Å². The number of unbranched alkanes of at least 4 members (excludes halogenated alkanes) is 18. The summed E-state index contributed by atoms with van der Waals surface area (Å²) in [7, 11) is 0. The summed E-state index contributed by atoms with van der Waals surface area (Å²) in [6.45, 7) is 19.0. The lowest BCUT2D eigenvalue weighted by Crippen LogP contribution is -2.25. The van der Waals surface area contributed by atoms with E-state index >= 15 is 0 Å². The summed E-state index contributed by atoms with van der Waals surface area (Å²) in [5.41, 5.74) is 0. The van der Waals surface area contributed by atoms with E-state index in [0.29, 0.717) is 32.2 Å². The topological polar surface area (TPSA) is 65.1 Å². The number of esters is 2. The monoisotopic (exact) mass is 822 g/mol. The van der Waals surface area contributed by atoms with Crippen LogP contribution in [0.25, 0.3) is 0 Å². The zero-order chi connectivity index (χ0) is 42.6. The van der Waals surface area contributed by atoms with E-state index < -0.39 is 0 Å². The number of rotatable bonds is 47. The maximum absolute atomic E-state index is 12.4. The van der Waals surface area contributed by atoms with Gasteiger partial charge in [0.2, 0.25) is 0 Å². The minimum atomic E-state index is 0.00614. The average Bonchev–Trinajstić information content (AvgIpc) is 3.22.